The van der Waals surface area contributed by atoms with Gasteiger partial charge in [-0.15, -0.1) is 0 Å². The van der Waals surface area contributed by atoms with Crippen molar-refractivity contribution >= 4 is 11.6 Å². The second-order valence-electron chi connectivity index (χ2n) is 6.86. The molecule has 0 saturated carbocycles. The van der Waals surface area contributed by atoms with Crippen molar-refractivity contribution in [3.8, 4) is 0 Å². The molecule has 1 N–H and O–H groups in total. The van der Waals surface area contributed by atoms with Crippen molar-refractivity contribution in [2.24, 2.45) is 5.92 Å². The van der Waals surface area contributed by atoms with Crippen molar-refractivity contribution in [1.82, 2.24) is 5.32 Å². The van der Waals surface area contributed by atoms with Gasteiger partial charge >= 0.3 is 0 Å². The first kappa shape index (κ1) is 17.8. The van der Waals surface area contributed by atoms with Crippen LogP contribution in [0.2, 0.25) is 0 Å². The molecule has 1 fully saturated rings. The lowest BCUT2D eigenvalue weighted by Crippen LogP contribution is -2.43. The van der Waals surface area contributed by atoms with E-state index in [1.165, 1.54) is 31.4 Å². The third-order valence-corrected chi connectivity index (χ3v) is 4.87. The number of hydrogen-bond acceptors (Lipinski definition) is 2. The van der Waals surface area contributed by atoms with E-state index in [0.29, 0.717) is 6.04 Å². The first-order chi connectivity index (χ1) is 11.2. The maximum atomic E-state index is 12.4. The maximum absolute atomic E-state index is 12.4. The van der Waals surface area contributed by atoms with Crippen LogP contribution in [0, 0.1) is 5.92 Å². The summed E-state index contributed by atoms with van der Waals surface area (Å²) in [6.45, 7) is 6.33. The topological polar surface area (TPSA) is 32.3 Å². The molecule has 0 radical (unpaired) electrons. The second kappa shape index (κ2) is 9.59. The molecule has 0 aromatic heterocycles. The molecule has 128 valence electrons. The van der Waals surface area contributed by atoms with Gasteiger partial charge in [0.25, 0.3) is 0 Å². The van der Waals surface area contributed by atoms with Crippen molar-refractivity contribution in [3.63, 3.8) is 0 Å². The lowest BCUT2D eigenvalue weighted by atomic mass is 9.95. The van der Waals surface area contributed by atoms with Gasteiger partial charge < -0.3 is 10.2 Å². The fourth-order valence-corrected chi connectivity index (χ4v) is 3.35. The van der Waals surface area contributed by atoms with Crippen LogP contribution in [-0.4, -0.2) is 25.0 Å². The quantitative estimate of drug-likeness (QED) is 0.722. The van der Waals surface area contributed by atoms with Crippen molar-refractivity contribution in [1.29, 1.82) is 0 Å². The highest BCUT2D eigenvalue weighted by Gasteiger charge is 2.25. The molecule has 3 heteroatoms. The minimum absolute atomic E-state index is 0.188. The van der Waals surface area contributed by atoms with Crippen molar-refractivity contribution in [2.75, 3.05) is 18.0 Å². The fraction of sp³-hybridized carbons (Fsp3) is 0.650. The van der Waals surface area contributed by atoms with Crippen LogP contribution in [-0.2, 0) is 4.79 Å². The van der Waals surface area contributed by atoms with Gasteiger partial charge in [-0.1, -0.05) is 50.8 Å². The Bertz CT molecular complexity index is 452. The number of unbranched alkanes of at least 4 members (excludes halogenated alkanes) is 3. The normalized spacial score (nSPS) is 17.0. The zero-order chi connectivity index (χ0) is 16.5. The van der Waals surface area contributed by atoms with Gasteiger partial charge in [-0.25, -0.2) is 0 Å². The highest BCUT2D eigenvalue weighted by Crippen LogP contribution is 2.23. The van der Waals surface area contributed by atoms with E-state index < -0.39 is 0 Å². The summed E-state index contributed by atoms with van der Waals surface area (Å²) in [5, 5.41) is 3.22. The Balaban J connectivity index is 1.69. The lowest BCUT2D eigenvalue weighted by Gasteiger charge is -2.33. The molecule has 0 aliphatic carbocycles. The number of rotatable bonds is 8. The van der Waals surface area contributed by atoms with E-state index in [1.54, 1.807) is 0 Å². The highest BCUT2D eigenvalue weighted by molar-refractivity contribution is 5.79. The Labute approximate surface area is 141 Å². The molecular weight excluding hydrogens is 284 g/mol. The standard InChI is InChI=1S/C20H32N2O/c1-3-4-5-7-10-17(2)21-20(23)18-13-15-22(16-14-18)19-11-8-6-9-12-19/h6,8-9,11-12,17-18H,3-5,7,10,13-16H2,1-2H3,(H,21,23). The molecule has 1 aromatic carbocycles. The predicted molar refractivity (Wildman–Crippen MR) is 97.7 cm³/mol. The van der Waals surface area contributed by atoms with Gasteiger partial charge in [-0.2, -0.15) is 0 Å². The van der Waals surface area contributed by atoms with Gasteiger partial charge in [-0.05, 0) is 38.3 Å². The molecule has 3 nitrogen and oxygen atoms in total. The summed E-state index contributed by atoms with van der Waals surface area (Å²) in [6, 6.07) is 10.8. The molecule has 1 aliphatic rings. The molecule has 0 spiro atoms. The number of piperidine rings is 1. The number of carbonyl (C=O) groups excluding carboxylic acids is 1. The van der Waals surface area contributed by atoms with Crippen LogP contribution in [0.15, 0.2) is 30.3 Å². The van der Waals surface area contributed by atoms with Crippen LogP contribution in [0.5, 0.6) is 0 Å². The Morgan fingerprint density at radius 2 is 1.87 bits per heavy atom. The molecule has 1 unspecified atom stereocenters. The van der Waals surface area contributed by atoms with Crippen molar-refractivity contribution < 1.29 is 4.79 Å². The first-order valence-corrected chi connectivity index (χ1v) is 9.31. The van der Waals surface area contributed by atoms with Crippen LogP contribution in [0.25, 0.3) is 0 Å². The zero-order valence-electron chi connectivity index (χ0n) is 14.8. The smallest absolute Gasteiger partial charge is 0.223 e. The number of nitrogens with one attached hydrogen (secondary N) is 1. The van der Waals surface area contributed by atoms with Gasteiger partial charge in [0.15, 0.2) is 0 Å². The Morgan fingerprint density at radius 1 is 1.17 bits per heavy atom. The molecule has 1 aromatic rings. The van der Waals surface area contributed by atoms with Gasteiger partial charge in [0.05, 0.1) is 0 Å². The third-order valence-electron chi connectivity index (χ3n) is 4.87. The van der Waals surface area contributed by atoms with Crippen LogP contribution in [0.3, 0.4) is 0 Å². The SMILES string of the molecule is CCCCCCC(C)NC(=O)C1CCN(c2ccccc2)CC1. The maximum Gasteiger partial charge on any atom is 0.223 e. The molecule has 0 bridgehead atoms. The van der Waals surface area contributed by atoms with Crippen molar-refractivity contribution in [3.05, 3.63) is 30.3 Å². The number of para-hydroxylation sites is 1. The molecule has 1 aliphatic heterocycles. The summed E-state index contributed by atoms with van der Waals surface area (Å²) >= 11 is 0. The average molecular weight is 316 g/mol. The van der Waals surface area contributed by atoms with Crippen molar-refractivity contribution in [2.45, 2.75) is 64.8 Å². The number of anilines is 1. The average Bonchev–Trinajstić information content (AvgIpc) is 2.59. The van der Waals surface area contributed by atoms with Gasteiger partial charge in [-0.3, -0.25) is 4.79 Å². The number of nitrogens with zero attached hydrogens (tertiary/aromatic N) is 1. The van der Waals surface area contributed by atoms with E-state index in [0.717, 1.165) is 32.4 Å². The fourth-order valence-electron chi connectivity index (χ4n) is 3.35. The minimum Gasteiger partial charge on any atom is -0.371 e. The summed E-state index contributed by atoms with van der Waals surface area (Å²) in [4.78, 5) is 14.8. The van der Waals surface area contributed by atoms with Gasteiger partial charge in [0.2, 0.25) is 5.91 Å². The minimum atomic E-state index is 0.188. The van der Waals surface area contributed by atoms with Crippen LogP contribution >= 0.6 is 0 Å². The zero-order valence-corrected chi connectivity index (χ0v) is 14.8. The lowest BCUT2D eigenvalue weighted by molar-refractivity contribution is -0.126. The van der Waals surface area contributed by atoms with Crippen LogP contribution in [0.4, 0.5) is 5.69 Å². The summed E-state index contributed by atoms with van der Waals surface area (Å²) in [5.41, 5.74) is 1.27. The highest BCUT2D eigenvalue weighted by atomic mass is 16.1. The summed E-state index contributed by atoms with van der Waals surface area (Å²) < 4.78 is 0. The molecular formula is C20H32N2O. The van der Waals surface area contributed by atoms with E-state index >= 15 is 0 Å². The molecule has 1 heterocycles. The molecule has 1 amide bonds. The number of benzene rings is 1. The second-order valence-corrected chi connectivity index (χ2v) is 6.86. The number of amides is 1. The predicted octanol–water partition coefficient (Wildman–Crippen LogP) is 4.38. The molecule has 23 heavy (non-hydrogen) atoms. The summed E-state index contributed by atoms with van der Waals surface area (Å²) in [5.74, 6) is 0.453. The molecule has 1 saturated heterocycles. The van der Waals surface area contributed by atoms with Gasteiger partial charge in [0, 0.05) is 30.7 Å². The van der Waals surface area contributed by atoms with Crippen LogP contribution in [0.1, 0.15) is 58.8 Å². The van der Waals surface area contributed by atoms with E-state index in [1.807, 2.05) is 6.07 Å². The third kappa shape index (κ3) is 5.89. The summed E-state index contributed by atoms with van der Waals surface area (Å²) in [7, 11) is 0. The van der Waals surface area contributed by atoms with E-state index in [-0.39, 0.29) is 11.8 Å². The monoisotopic (exact) mass is 316 g/mol. The number of carbonyl (C=O) groups is 1. The first-order valence-electron chi connectivity index (χ1n) is 9.31. The molecule has 2 rings (SSSR count). The summed E-state index contributed by atoms with van der Waals surface area (Å²) in [6.07, 6.45) is 8.11. The Kier molecular flexibility index (Phi) is 7.44. The number of hydrogen-bond donors (Lipinski definition) is 1. The Morgan fingerprint density at radius 3 is 2.52 bits per heavy atom. The van der Waals surface area contributed by atoms with Crippen LogP contribution < -0.4 is 10.2 Å². The van der Waals surface area contributed by atoms with E-state index in [2.05, 4.69) is 48.3 Å². The molecule has 1 atom stereocenters. The van der Waals surface area contributed by atoms with Gasteiger partial charge in [0.1, 0.15) is 0 Å². The van der Waals surface area contributed by atoms with E-state index in [4.69, 9.17) is 0 Å². The Hall–Kier alpha value is -1.51. The largest absolute Gasteiger partial charge is 0.371 e. The van der Waals surface area contributed by atoms with E-state index in [9.17, 15) is 4.79 Å².